The van der Waals surface area contributed by atoms with Gasteiger partial charge in [-0.15, -0.1) is 0 Å². The Morgan fingerprint density at radius 1 is 1.03 bits per heavy atom. The molecule has 1 aromatic carbocycles. The zero-order valence-electron chi connectivity index (χ0n) is 20.4. The van der Waals surface area contributed by atoms with Crippen molar-refractivity contribution in [2.24, 2.45) is 11.8 Å². The highest BCUT2D eigenvalue weighted by Crippen LogP contribution is 2.37. The number of rotatable bonds is 14. The maximum Gasteiger partial charge on any atom is 0.335 e. The Kier molecular flexibility index (Phi) is 12.0. The predicted octanol–water partition coefficient (Wildman–Crippen LogP) is 5.47. The van der Waals surface area contributed by atoms with Gasteiger partial charge in [0.25, 0.3) is 0 Å². The van der Waals surface area contributed by atoms with Crippen molar-refractivity contribution in [1.29, 1.82) is 0 Å². The summed E-state index contributed by atoms with van der Waals surface area (Å²) in [7, 11) is 0. The zero-order valence-corrected chi connectivity index (χ0v) is 20.4. The van der Waals surface area contributed by atoms with Crippen LogP contribution in [0.15, 0.2) is 48.6 Å². The predicted molar refractivity (Wildman–Crippen MR) is 131 cm³/mol. The van der Waals surface area contributed by atoms with Crippen molar-refractivity contribution in [2.75, 3.05) is 26.5 Å². The van der Waals surface area contributed by atoms with Crippen LogP contribution in [0.4, 0.5) is 4.39 Å². The smallest absolute Gasteiger partial charge is 0.335 e. The van der Waals surface area contributed by atoms with Gasteiger partial charge < -0.3 is 14.6 Å². The normalized spacial score (nSPS) is 18.7. The third-order valence-corrected chi connectivity index (χ3v) is 6.55. The molecule has 0 saturated heterocycles. The summed E-state index contributed by atoms with van der Waals surface area (Å²) < 4.78 is 22.9. The number of carbonyl (C=O) groups is 2. The van der Waals surface area contributed by atoms with Crippen LogP contribution in [0.2, 0.25) is 0 Å². The second-order valence-electron chi connectivity index (χ2n) is 9.45. The summed E-state index contributed by atoms with van der Waals surface area (Å²) in [5, 5.41) is 9.05. The molecule has 1 N–H and O–H groups in total. The fourth-order valence-electron chi connectivity index (χ4n) is 4.41. The van der Waals surface area contributed by atoms with Crippen LogP contribution in [0.25, 0.3) is 0 Å². The number of benzene rings is 1. The van der Waals surface area contributed by atoms with Crippen LogP contribution in [0, 0.1) is 11.8 Å². The molecular weight excluding hydrogens is 435 g/mol. The van der Waals surface area contributed by atoms with Crippen molar-refractivity contribution in [3.63, 3.8) is 0 Å². The van der Waals surface area contributed by atoms with Gasteiger partial charge in [0.05, 0.1) is 32.1 Å². The minimum absolute atomic E-state index is 0.0147. The molecule has 1 aromatic rings. The van der Waals surface area contributed by atoms with Crippen LogP contribution in [-0.2, 0) is 25.5 Å². The van der Waals surface area contributed by atoms with E-state index in [4.69, 9.17) is 14.6 Å². The van der Waals surface area contributed by atoms with Gasteiger partial charge in [0.15, 0.2) is 0 Å². The minimum atomic E-state index is -0.658. The fraction of sp³-hybridized carbons (Fsp3) is 0.571. The molecule has 6 heteroatoms. The lowest BCUT2D eigenvalue weighted by Gasteiger charge is -2.29. The van der Waals surface area contributed by atoms with E-state index in [0.717, 1.165) is 24.3 Å². The maximum atomic E-state index is 12.3. The Morgan fingerprint density at radius 3 is 2.21 bits per heavy atom. The lowest BCUT2D eigenvalue weighted by atomic mass is 9.77. The Labute approximate surface area is 203 Å². The molecule has 0 aliphatic heterocycles. The molecule has 0 bridgehead atoms. The van der Waals surface area contributed by atoms with Crippen molar-refractivity contribution in [1.82, 2.24) is 0 Å². The number of aliphatic hydroxyl groups excluding tert-OH is 1. The largest absolute Gasteiger partial charge is 0.462 e. The standard InChI is InChI=1S/C28H39FO5/c1-20(2)27(31)33-18-24(19-34-28(32)21(3)17-30)16-23-9-13-26(14-10-23)25-11-7-22(8-12-25)6-4-5-15-29/h9-10,13-14,22,24-25,30H,1,3-8,11-12,15-19H2,2H3. The number of aliphatic hydroxyl groups is 1. The number of unbranched alkanes of at least 4 members (excludes halogenated alkanes) is 1. The van der Waals surface area contributed by atoms with Gasteiger partial charge >= 0.3 is 11.9 Å². The number of alkyl halides is 1. The number of hydrogen-bond acceptors (Lipinski definition) is 5. The summed E-state index contributed by atoms with van der Waals surface area (Å²) in [5.41, 5.74) is 2.70. The van der Waals surface area contributed by atoms with Crippen molar-refractivity contribution in [3.8, 4) is 0 Å². The average Bonchev–Trinajstić information content (AvgIpc) is 2.85. The molecule has 1 aliphatic carbocycles. The molecule has 0 heterocycles. The van der Waals surface area contributed by atoms with Crippen LogP contribution in [0.5, 0.6) is 0 Å². The molecule has 0 amide bonds. The van der Waals surface area contributed by atoms with Crippen LogP contribution >= 0.6 is 0 Å². The van der Waals surface area contributed by atoms with Crippen LogP contribution in [-0.4, -0.2) is 43.5 Å². The number of carbonyl (C=O) groups excluding carboxylic acids is 2. The van der Waals surface area contributed by atoms with Gasteiger partial charge in [-0.1, -0.05) is 50.3 Å². The minimum Gasteiger partial charge on any atom is -0.462 e. The highest BCUT2D eigenvalue weighted by Gasteiger charge is 2.22. The van der Waals surface area contributed by atoms with E-state index in [9.17, 15) is 14.0 Å². The molecular formula is C28H39FO5. The summed E-state index contributed by atoms with van der Waals surface area (Å²) in [6.07, 6.45) is 8.15. The van der Waals surface area contributed by atoms with Crippen molar-refractivity contribution in [2.45, 2.75) is 64.2 Å². The Balaban J connectivity index is 1.92. The summed E-state index contributed by atoms with van der Waals surface area (Å²) in [5.74, 6) is -0.0796. The maximum absolute atomic E-state index is 12.3. The summed E-state index contributed by atoms with van der Waals surface area (Å²) in [6, 6.07) is 8.51. The Bertz CT molecular complexity index is 809. The quantitative estimate of drug-likeness (QED) is 0.220. The first-order chi connectivity index (χ1) is 16.3. The van der Waals surface area contributed by atoms with Gasteiger partial charge in [-0.05, 0) is 68.4 Å². The molecule has 5 nitrogen and oxygen atoms in total. The molecule has 188 valence electrons. The molecule has 34 heavy (non-hydrogen) atoms. The van der Waals surface area contributed by atoms with Gasteiger partial charge in [0.2, 0.25) is 0 Å². The van der Waals surface area contributed by atoms with Gasteiger partial charge in [0.1, 0.15) is 0 Å². The highest BCUT2D eigenvalue weighted by atomic mass is 19.1. The van der Waals surface area contributed by atoms with E-state index in [0.29, 0.717) is 24.3 Å². The molecule has 1 aliphatic rings. The number of ether oxygens (including phenoxy) is 2. The van der Waals surface area contributed by atoms with Crippen LogP contribution < -0.4 is 0 Å². The third-order valence-electron chi connectivity index (χ3n) is 6.55. The molecule has 2 rings (SSSR count). The summed E-state index contributed by atoms with van der Waals surface area (Å²) in [6.45, 7) is 8.12. The van der Waals surface area contributed by atoms with Gasteiger partial charge in [-0.2, -0.15) is 0 Å². The third kappa shape index (κ3) is 9.41. The first-order valence-corrected chi connectivity index (χ1v) is 12.3. The van der Waals surface area contributed by atoms with E-state index >= 15 is 0 Å². The molecule has 1 atom stereocenters. The van der Waals surface area contributed by atoms with E-state index in [1.54, 1.807) is 6.92 Å². The second kappa shape index (κ2) is 14.7. The van der Waals surface area contributed by atoms with E-state index in [1.807, 2.05) is 0 Å². The Hall–Kier alpha value is -2.47. The van der Waals surface area contributed by atoms with Crippen LogP contribution in [0.1, 0.15) is 68.9 Å². The molecule has 0 spiro atoms. The number of hydrogen-bond donors (Lipinski definition) is 1. The molecule has 0 aromatic heterocycles. The number of esters is 2. The van der Waals surface area contributed by atoms with E-state index < -0.39 is 18.5 Å². The van der Waals surface area contributed by atoms with Crippen molar-refractivity contribution < 1.29 is 28.6 Å². The SMILES string of the molecule is C=C(C)C(=O)OCC(COC(=O)C(=C)CO)Cc1ccc(C2CCC(CCCCF)CC2)cc1. The first-order valence-electron chi connectivity index (χ1n) is 12.3. The molecule has 1 saturated carbocycles. The Morgan fingerprint density at radius 2 is 1.65 bits per heavy atom. The number of halogens is 1. The topological polar surface area (TPSA) is 72.8 Å². The van der Waals surface area contributed by atoms with Gasteiger partial charge in [-0.3, -0.25) is 4.39 Å². The monoisotopic (exact) mass is 474 g/mol. The second-order valence-corrected chi connectivity index (χ2v) is 9.45. The molecule has 1 fully saturated rings. The van der Waals surface area contributed by atoms with Gasteiger partial charge in [0, 0.05) is 11.5 Å². The van der Waals surface area contributed by atoms with Crippen LogP contribution in [0.3, 0.4) is 0 Å². The van der Waals surface area contributed by atoms with Crippen molar-refractivity contribution >= 4 is 11.9 Å². The first kappa shape index (κ1) is 27.8. The zero-order chi connectivity index (χ0) is 24.9. The van der Waals surface area contributed by atoms with E-state index in [2.05, 4.69) is 37.4 Å². The summed E-state index contributed by atoms with van der Waals surface area (Å²) in [4.78, 5) is 23.7. The van der Waals surface area contributed by atoms with Gasteiger partial charge in [-0.25, -0.2) is 9.59 Å². The highest BCUT2D eigenvalue weighted by molar-refractivity contribution is 5.88. The fourth-order valence-corrected chi connectivity index (χ4v) is 4.41. The average molecular weight is 475 g/mol. The van der Waals surface area contributed by atoms with E-state index in [-0.39, 0.29) is 31.4 Å². The molecule has 0 radical (unpaired) electrons. The van der Waals surface area contributed by atoms with Crippen molar-refractivity contribution in [3.05, 3.63) is 59.7 Å². The lowest BCUT2D eigenvalue weighted by Crippen LogP contribution is -2.24. The van der Waals surface area contributed by atoms with E-state index in [1.165, 1.54) is 31.2 Å². The summed E-state index contributed by atoms with van der Waals surface area (Å²) >= 11 is 0. The lowest BCUT2D eigenvalue weighted by molar-refractivity contribution is -0.144. The molecule has 1 unspecified atom stereocenters.